The van der Waals surface area contributed by atoms with E-state index in [1.165, 1.54) is 24.1 Å². The van der Waals surface area contributed by atoms with Gasteiger partial charge in [0.15, 0.2) is 0 Å². The Bertz CT molecular complexity index is 435. The lowest BCUT2D eigenvalue weighted by molar-refractivity contribution is -0.146. The number of carbonyl (C=O) groups excluding carboxylic acids is 1. The quantitative estimate of drug-likeness (QED) is 0.656. The molecule has 15 heavy (non-hydrogen) atoms. The lowest BCUT2D eigenvalue weighted by Gasteiger charge is -2.21. The van der Waals surface area contributed by atoms with Crippen molar-refractivity contribution >= 4 is 5.97 Å². The van der Waals surface area contributed by atoms with E-state index in [-0.39, 0.29) is 5.56 Å². The lowest BCUT2D eigenvalue weighted by Crippen LogP contribution is -2.33. The largest absolute Gasteiger partial charge is 0.468 e. The summed E-state index contributed by atoms with van der Waals surface area (Å²) >= 11 is 0. The number of esters is 1. The maximum atomic E-state index is 11.5. The van der Waals surface area contributed by atoms with E-state index in [1.807, 2.05) is 0 Å². The highest BCUT2D eigenvalue weighted by Crippen LogP contribution is 2.22. The van der Waals surface area contributed by atoms with Crippen molar-refractivity contribution in [2.24, 2.45) is 7.05 Å². The summed E-state index contributed by atoms with van der Waals surface area (Å²) in [7, 11) is 2.87. The van der Waals surface area contributed by atoms with Crippen LogP contribution in [0.5, 0.6) is 0 Å². The first kappa shape index (κ1) is 11.4. The third-order valence-electron chi connectivity index (χ3n) is 2.39. The number of nitrogens with zero attached hydrogens (tertiary/aromatic N) is 2. The molecular formula is C10H14N2O3. The third-order valence-corrected chi connectivity index (χ3v) is 2.39. The van der Waals surface area contributed by atoms with Crippen molar-refractivity contribution in [3.63, 3.8) is 0 Å². The van der Waals surface area contributed by atoms with Crippen molar-refractivity contribution in [1.82, 2.24) is 9.78 Å². The molecule has 1 heterocycles. The van der Waals surface area contributed by atoms with Crippen LogP contribution in [0, 0.1) is 0 Å². The average Bonchev–Trinajstić information content (AvgIpc) is 2.20. The highest BCUT2D eigenvalue weighted by atomic mass is 16.5. The smallest absolute Gasteiger partial charge is 0.315 e. The molecule has 82 valence electrons. The molecule has 0 aromatic carbocycles. The van der Waals surface area contributed by atoms with E-state index in [2.05, 4.69) is 9.84 Å². The van der Waals surface area contributed by atoms with Gasteiger partial charge < -0.3 is 4.74 Å². The van der Waals surface area contributed by atoms with Gasteiger partial charge in [-0.05, 0) is 19.4 Å². The summed E-state index contributed by atoms with van der Waals surface area (Å²) < 4.78 is 5.87. The molecule has 0 aliphatic rings. The summed E-state index contributed by atoms with van der Waals surface area (Å²) in [5.41, 5.74) is -0.545. The van der Waals surface area contributed by atoms with Crippen LogP contribution < -0.4 is 5.56 Å². The number of rotatable bonds is 2. The van der Waals surface area contributed by atoms with Gasteiger partial charge in [-0.3, -0.25) is 9.59 Å². The Balaban J connectivity index is 3.22. The maximum absolute atomic E-state index is 11.5. The van der Waals surface area contributed by atoms with Crippen LogP contribution >= 0.6 is 0 Å². The Hall–Kier alpha value is -1.65. The number of methoxy groups -OCH3 is 1. The molecule has 5 nitrogen and oxygen atoms in total. The number of carbonyl (C=O) groups is 1. The number of aromatic nitrogens is 2. The molecule has 0 atom stereocenters. The van der Waals surface area contributed by atoms with Crippen molar-refractivity contribution in [3.05, 3.63) is 28.2 Å². The van der Waals surface area contributed by atoms with Crippen molar-refractivity contribution in [2.75, 3.05) is 7.11 Å². The normalized spacial score (nSPS) is 11.2. The molecule has 1 aromatic heterocycles. The molecule has 0 bridgehead atoms. The number of aryl methyl sites for hydroxylation is 1. The number of hydrogen-bond donors (Lipinski definition) is 0. The SMILES string of the molecule is COC(=O)C(C)(C)c1cnn(C)c(=O)c1. The predicted octanol–water partition coefficient (Wildman–Crippen LogP) is 0.231. The molecule has 0 aliphatic heterocycles. The van der Waals surface area contributed by atoms with E-state index >= 15 is 0 Å². The van der Waals surface area contributed by atoms with Crippen LogP contribution in [-0.4, -0.2) is 22.9 Å². The summed E-state index contributed by atoms with van der Waals surface area (Å²) in [5, 5.41) is 3.86. The molecule has 0 fully saturated rings. The summed E-state index contributed by atoms with van der Waals surface area (Å²) in [6.07, 6.45) is 1.50. The van der Waals surface area contributed by atoms with Gasteiger partial charge >= 0.3 is 5.97 Å². The summed E-state index contributed by atoms with van der Waals surface area (Å²) in [6, 6.07) is 1.39. The molecular weight excluding hydrogens is 196 g/mol. The molecule has 0 radical (unpaired) electrons. The molecule has 0 amide bonds. The van der Waals surface area contributed by atoms with Gasteiger partial charge in [0.25, 0.3) is 5.56 Å². The van der Waals surface area contributed by atoms with E-state index < -0.39 is 11.4 Å². The standard InChI is InChI=1S/C10H14N2O3/c1-10(2,9(14)15-4)7-5-8(13)12(3)11-6-7/h5-6H,1-4H3. The Kier molecular flexibility index (Phi) is 2.93. The van der Waals surface area contributed by atoms with Crippen LogP contribution in [0.4, 0.5) is 0 Å². The van der Waals surface area contributed by atoms with Gasteiger partial charge in [0.1, 0.15) is 0 Å². The highest BCUT2D eigenvalue weighted by molar-refractivity contribution is 5.81. The molecule has 0 N–H and O–H groups in total. The summed E-state index contributed by atoms with van der Waals surface area (Å²) in [6.45, 7) is 3.38. The minimum absolute atomic E-state index is 0.246. The Morgan fingerprint density at radius 2 is 2.13 bits per heavy atom. The molecule has 1 aromatic rings. The Labute approximate surface area is 87.7 Å². The van der Waals surface area contributed by atoms with Gasteiger partial charge in [-0.1, -0.05) is 0 Å². The van der Waals surface area contributed by atoms with Crippen LogP contribution in [0.2, 0.25) is 0 Å². The van der Waals surface area contributed by atoms with Crippen molar-refractivity contribution in [2.45, 2.75) is 19.3 Å². The highest BCUT2D eigenvalue weighted by Gasteiger charge is 2.31. The first-order chi connectivity index (χ1) is 6.89. The Morgan fingerprint density at radius 3 is 2.60 bits per heavy atom. The van der Waals surface area contributed by atoms with E-state index in [9.17, 15) is 9.59 Å². The molecule has 0 spiro atoms. The fourth-order valence-corrected chi connectivity index (χ4v) is 1.18. The molecule has 5 heteroatoms. The number of ether oxygens (including phenoxy) is 1. The third kappa shape index (κ3) is 2.06. The van der Waals surface area contributed by atoms with E-state index in [1.54, 1.807) is 20.9 Å². The van der Waals surface area contributed by atoms with Crippen LogP contribution in [-0.2, 0) is 22.0 Å². The molecule has 1 rings (SSSR count). The van der Waals surface area contributed by atoms with Gasteiger partial charge in [-0.2, -0.15) is 5.10 Å². The first-order valence-corrected chi connectivity index (χ1v) is 4.52. The van der Waals surface area contributed by atoms with Gasteiger partial charge in [0, 0.05) is 13.1 Å². The summed E-state index contributed by atoms with van der Waals surface area (Å²) in [5.74, 6) is -0.391. The predicted molar refractivity (Wildman–Crippen MR) is 54.5 cm³/mol. The fraction of sp³-hybridized carbons (Fsp3) is 0.500. The fourth-order valence-electron chi connectivity index (χ4n) is 1.18. The molecule has 0 saturated heterocycles. The topological polar surface area (TPSA) is 61.2 Å². The molecule has 0 unspecified atom stereocenters. The van der Waals surface area contributed by atoms with Gasteiger partial charge in [0.2, 0.25) is 0 Å². The van der Waals surface area contributed by atoms with Gasteiger partial charge in [-0.25, -0.2) is 4.68 Å². The van der Waals surface area contributed by atoms with Crippen molar-refractivity contribution in [3.8, 4) is 0 Å². The second-order valence-corrected chi connectivity index (χ2v) is 3.82. The summed E-state index contributed by atoms with van der Waals surface area (Å²) in [4.78, 5) is 22.8. The van der Waals surface area contributed by atoms with E-state index in [0.29, 0.717) is 5.56 Å². The Morgan fingerprint density at radius 1 is 1.53 bits per heavy atom. The second kappa shape index (κ2) is 3.84. The first-order valence-electron chi connectivity index (χ1n) is 4.52. The second-order valence-electron chi connectivity index (χ2n) is 3.82. The van der Waals surface area contributed by atoms with Crippen LogP contribution in [0.15, 0.2) is 17.1 Å². The zero-order chi connectivity index (χ0) is 11.6. The van der Waals surface area contributed by atoms with Gasteiger partial charge in [0.05, 0.1) is 18.7 Å². The van der Waals surface area contributed by atoms with Gasteiger partial charge in [-0.15, -0.1) is 0 Å². The minimum atomic E-state index is -0.852. The van der Waals surface area contributed by atoms with Crippen LogP contribution in [0.3, 0.4) is 0 Å². The molecule has 0 saturated carbocycles. The van der Waals surface area contributed by atoms with Crippen molar-refractivity contribution in [1.29, 1.82) is 0 Å². The van der Waals surface area contributed by atoms with Crippen LogP contribution in [0.1, 0.15) is 19.4 Å². The average molecular weight is 210 g/mol. The monoisotopic (exact) mass is 210 g/mol. The number of hydrogen-bond acceptors (Lipinski definition) is 4. The zero-order valence-corrected chi connectivity index (χ0v) is 9.27. The van der Waals surface area contributed by atoms with E-state index in [0.717, 1.165) is 0 Å². The zero-order valence-electron chi connectivity index (χ0n) is 9.27. The molecule has 0 aliphatic carbocycles. The van der Waals surface area contributed by atoms with Crippen LogP contribution in [0.25, 0.3) is 0 Å². The van der Waals surface area contributed by atoms with E-state index in [4.69, 9.17) is 0 Å². The van der Waals surface area contributed by atoms with Crippen molar-refractivity contribution < 1.29 is 9.53 Å². The lowest BCUT2D eigenvalue weighted by atomic mass is 9.86. The maximum Gasteiger partial charge on any atom is 0.315 e. The minimum Gasteiger partial charge on any atom is -0.468 e.